The van der Waals surface area contributed by atoms with Gasteiger partial charge in [0.15, 0.2) is 0 Å². The smallest absolute Gasteiger partial charge is 0.0751 e. The molecular weight excluding hydrogens is 160 g/mol. The van der Waals surface area contributed by atoms with Gasteiger partial charge >= 0.3 is 0 Å². The number of fused-ring (bicyclic) bond motifs is 1. The predicted molar refractivity (Wildman–Crippen MR) is 56.0 cm³/mol. The number of nitrogens with zero attached hydrogens (tertiary/aromatic N) is 1. The molecule has 0 fully saturated rings. The van der Waals surface area contributed by atoms with E-state index in [1.807, 2.05) is 19.3 Å². The lowest BCUT2D eigenvalue weighted by Gasteiger charge is -2.05. The molecular formula is C11H12N2. The number of para-hydroxylation sites is 1. The lowest BCUT2D eigenvalue weighted by Crippen LogP contribution is -1.91. The Morgan fingerprint density at radius 2 is 2.08 bits per heavy atom. The standard InChI is InChI=1S/C11H12N2/c1-8-4-3-5-9-10(12-2)6-7-13-11(8)9/h3-7H,1-2H3,(H,12,13). The van der Waals surface area contributed by atoms with Crippen molar-refractivity contribution < 1.29 is 0 Å². The van der Waals surface area contributed by atoms with E-state index >= 15 is 0 Å². The molecule has 2 heteroatoms. The maximum atomic E-state index is 4.35. The molecule has 0 spiro atoms. The Balaban J connectivity index is 2.84. The molecule has 0 aliphatic rings. The molecule has 0 saturated heterocycles. The number of hydrogen-bond acceptors (Lipinski definition) is 2. The quantitative estimate of drug-likeness (QED) is 0.715. The zero-order valence-electron chi connectivity index (χ0n) is 7.83. The van der Waals surface area contributed by atoms with Gasteiger partial charge in [0.1, 0.15) is 0 Å². The predicted octanol–water partition coefficient (Wildman–Crippen LogP) is 2.58. The van der Waals surface area contributed by atoms with Gasteiger partial charge < -0.3 is 5.32 Å². The third-order valence-corrected chi connectivity index (χ3v) is 2.24. The summed E-state index contributed by atoms with van der Waals surface area (Å²) in [4.78, 5) is 4.35. The van der Waals surface area contributed by atoms with Crippen LogP contribution in [-0.2, 0) is 0 Å². The van der Waals surface area contributed by atoms with E-state index in [4.69, 9.17) is 0 Å². The molecule has 1 aromatic carbocycles. The second kappa shape index (κ2) is 3.05. The molecule has 1 heterocycles. The number of nitrogens with one attached hydrogen (secondary N) is 1. The second-order valence-corrected chi connectivity index (χ2v) is 3.08. The highest BCUT2D eigenvalue weighted by molar-refractivity contribution is 5.92. The fraction of sp³-hybridized carbons (Fsp3) is 0.182. The second-order valence-electron chi connectivity index (χ2n) is 3.08. The lowest BCUT2D eigenvalue weighted by molar-refractivity contribution is 1.36. The van der Waals surface area contributed by atoms with Crippen LogP contribution in [0.2, 0.25) is 0 Å². The van der Waals surface area contributed by atoms with Crippen molar-refractivity contribution in [1.82, 2.24) is 4.98 Å². The molecule has 2 nitrogen and oxygen atoms in total. The number of anilines is 1. The van der Waals surface area contributed by atoms with Crippen LogP contribution >= 0.6 is 0 Å². The summed E-state index contributed by atoms with van der Waals surface area (Å²) >= 11 is 0. The molecule has 0 amide bonds. The molecule has 0 aliphatic heterocycles. The molecule has 2 rings (SSSR count). The summed E-state index contributed by atoms with van der Waals surface area (Å²) in [6, 6.07) is 8.21. The summed E-state index contributed by atoms with van der Waals surface area (Å²) in [5.74, 6) is 0. The van der Waals surface area contributed by atoms with Crippen LogP contribution in [0.1, 0.15) is 5.56 Å². The van der Waals surface area contributed by atoms with Crippen molar-refractivity contribution in [3.05, 3.63) is 36.0 Å². The Kier molecular flexibility index (Phi) is 1.89. The molecule has 0 bridgehead atoms. The third-order valence-electron chi connectivity index (χ3n) is 2.24. The van der Waals surface area contributed by atoms with Gasteiger partial charge in [0, 0.05) is 24.3 Å². The van der Waals surface area contributed by atoms with Crippen molar-refractivity contribution in [2.24, 2.45) is 0 Å². The average molecular weight is 172 g/mol. The van der Waals surface area contributed by atoms with Gasteiger partial charge in [0.2, 0.25) is 0 Å². The minimum Gasteiger partial charge on any atom is -0.388 e. The number of benzene rings is 1. The topological polar surface area (TPSA) is 24.9 Å². The molecule has 0 atom stereocenters. The van der Waals surface area contributed by atoms with E-state index < -0.39 is 0 Å². The van der Waals surface area contributed by atoms with Crippen LogP contribution in [0.25, 0.3) is 10.9 Å². The first-order valence-corrected chi connectivity index (χ1v) is 4.35. The normalized spacial score (nSPS) is 10.3. The molecule has 0 unspecified atom stereocenters. The molecule has 1 aromatic heterocycles. The number of aryl methyl sites for hydroxylation is 1. The number of pyridine rings is 1. The zero-order chi connectivity index (χ0) is 9.26. The Morgan fingerprint density at radius 3 is 2.85 bits per heavy atom. The zero-order valence-corrected chi connectivity index (χ0v) is 7.83. The van der Waals surface area contributed by atoms with Crippen molar-refractivity contribution in [3.63, 3.8) is 0 Å². The maximum Gasteiger partial charge on any atom is 0.0751 e. The van der Waals surface area contributed by atoms with Gasteiger partial charge in [-0.15, -0.1) is 0 Å². The summed E-state index contributed by atoms with van der Waals surface area (Å²) in [5.41, 5.74) is 3.43. The summed E-state index contributed by atoms with van der Waals surface area (Å²) < 4.78 is 0. The summed E-state index contributed by atoms with van der Waals surface area (Å²) in [6.07, 6.45) is 1.83. The maximum absolute atomic E-state index is 4.35. The number of aromatic nitrogens is 1. The first-order chi connectivity index (χ1) is 6.33. The van der Waals surface area contributed by atoms with E-state index in [1.54, 1.807) is 0 Å². The third kappa shape index (κ3) is 1.24. The summed E-state index contributed by atoms with van der Waals surface area (Å²) in [7, 11) is 1.93. The Bertz CT molecular complexity index is 435. The molecule has 13 heavy (non-hydrogen) atoms. The van der Waals surface area contributed by atoms with Crippen LogP contribution in [0.15, 0.2) is 30.5 Å². The minimum absolute atomic E-state index is 1.08. The van der Waals surface area contributed by atoms with Crippen molar-refractivity contribution >= 4 is 16.6 Å². The van der Waals surface area contributed by atoms with Gasteiger partial charge in [-0.2, -0.15) is 0 Å². The average Bonchev–Trinajstić information content (AvgIpc) is 2.18. The largest absolute Gasteiger partial charge is 0.388 e. The monoisotopic (exact) mass is 172 g/mol. The molecule has 66 valence electrons. The molecule has 1 N–H and O–H groups in total. The van der Waals surface area contributed by atoms with E-state index in [0.29, 0.717) is 0 Å². The van der Waals surface area contributed by atoms with E-state index in [9.17, 15) is 0 Å². The van der Waals surface area contributed by atoms with E-state index in [0.717, 1.165) is 11.2 Å². The fourth-order valence-corrected chi connectivity index (χ4v) is 1.54. The first kappa shape index (κ1) is 8.05. The lowest BCUT2D eigenvalue weighted by atomic mass is 10.1. The highest BCUT2D eigenvalue weighted by atomic mass is 14.8. The van der Waals surface area contributed by atoms with Crippen LogP contribution in [0.3, 0.4) is 0 Å². The first-order valence-electron chi connectivity index (χ1n) is 4.35. The van der Waals surface area contributed by atoms with E-state index in [2.05, 4.69) is 35.4 Å². The van der Waals surface area contributed by atoms with Gasteiger partial charge in [-0.25, -0.2) is 0 Å². The van der Waals surface area contributed by atoms with Crippen LogP contribution in [0.5, 0.6) is 0 Å². The SMILES string of the molecule is CNc1ccnc2c(C)cccc12. The Labute approximate surface area is 77.6 Å². The summed E-state index contributed by atoms with van der Waals surface area (Å²) in [6.45, 7) is 2.08. The van der Waals surface area contributed by atoms with E-state index in [-0.39, 0.29) is 0 Å². The minimum atomic E-state index is 1.08. The van der Waals surface area contributed by atoms with Gasteiger partial charge in [-0.1, -0.05) is 18.2 Å². The molecule has 2 aromatic rings. The number of rotatable bonds is 1. The van der Waals surface area contributed by atoms with Gasteiger partial charge in [-0.05, 0) is 18.6 Å². The summed E-state index contributed by atoms with van der Waals surface area (Å²) in [5, 5.41) is 4.34. The van der Waals surface area contributed by atoms with Crippen molar-refractivity contribution in [3.8, 4) is 0 Å². The molecule has 0 radical (unpaired) electrons. The fourth-order valence-electron chi connectivity index (χ4n) is 1.54. The van der Waals surface area contributed by atoms with Crippen molar-refractivity contribution in [1.29, 1.82) is 0 Å². The van der Waals surface area contributed by atoms with Crippen LogP contribution < -0.4 is 5.32 Å². The highest BCUT2D eigenvalue weighted by Gasteiger charge is 2.00. The van der Waals surface area contributed by atoms with Gasteiger partial charge in [0.25, 0.3) is 0 Å². The highest BCUT2D eigenvalue weighted by Crippen LogP contribution is 2.22. The Morgan fingerprint density at radius 1 is 1.23 bits per heavy atom. The van der Waals surface area contributed by atoms with Crippen molar-refractivity contribution in [2.45, 2.75) is 6.92 Å². The Hall–Kier alpha value is -1.57. The van der Waals surface area contributed by atoms with Crippen LogP contribution in [-0.4, -0.2) is 12.0 Å². The van der Waals surface area contributed by atoms with E-state index in [1.165, 1.54) is 10.9 Å². The van der Waals surface area contributed by atoms with Gasteiger partial charge in [0.05, 0.1) is 5.52 Å². The van der Waals surface area contributed by atoms with Crippen LogP contribution in [0, 0.1) is 6.92 Å². The molecule has 0 aliphatic carbocycles. The van der Waals surface area contributed by atoms with Crippen LogP contribution in [0.4, 0.5) is 5.69 Å². The molecule has 0 saturated carbocycles. The van der Waals surface area contributed by atoms with Gasteiger partial charge in [-0.3, -0.25) is 4.98 Å². The van der Waals surface area contributed by atoms with Crippen molar-refractivity contribution in [2.75, 3.05) is 12.4 Å². The number of hydrogen-bond donors (Lipinski definition) is 1.